The quantitative estimate of drug-likeness (QED) is 0.243. The smallest absolute Gasteiger partial charge is 0.412 e. The highest BCUT2D eigenvalue weighted by Gasteiger charge is 2.26. The lowest BCUT2D eigenvalue weighted by molar-refractivity contribution is -0.123. The largest absolute Gasteiger partial charge is 0.444 e. The molecule has 0 radical (unpaired) electrons. The van der Waals surface area contributed by atoms with Gasteiger partial charge >= 0.3 is 6.09 Å². The molecule has 0 aliphatic carbocycles. The Morgan fingerprint density at radius 1 is 0.889 bits per heavy atom. The molecule has 3 aromatic carbocycles. The number of rotatable bonds is 11. The molecule has 4 rings (SSSR count). The molecule has 1 aliphatic heterocycles. The summed E-state index contributed by atoms with van der Waals surface area (Å²) in [4.78, 5) is 28.1. The molecule has 242 valence electrons. The molecule has 0 bridgehead atoms. The maximum absolute atomic E-state index is 13.2. The first-order chi connectivity index (χ1) is 21.3. The molecular formula is C36H47N3O5S. The van der Waals surface area contributed by atoms with E-state index in [-0.39, 0.29) is 28.7 Å². The Morgan fingerprint density at radius 2 is 1.47 bits per heavy atom. The van der Waals surface area contributed by atoms with Crippen molar-refractivity contribution in [2.24, 2.45) is 0 Å². The van der Waals surface area contributed by atoms with E-state index in [1.807, 2.05) is 45.9 Å². The molecule has 0 spiro atoms. The van der Waals surface area contributed by atoms with Gasteiger partial charge in [-0.25, -0.2) is 13.2 Å². The Kier molecular flexibility index (Phi) is 11.4. The van der Waals surface area contributed by atoms with Crippen molar-refractivity contribution in [3.63, 3.8) is 0 Å². The summed E-state index contributed by atoms with van der Waals surface area (Å²) in [6.45, 7) is 10.2. The Morgan fingerprint density at radius 3 is 2.02 bits per heavy atom. The molecule has 45 heavy (non-hydrogen) atoms. The fraction of sp³-hybridized carbons (Fsp3) is 0.444. The summed E-state index contributed by atoms with van der Waals surface area (Å²) in [5, 5.41) is 6.07. The lowest BCUT2D eigenvalue weighted by Gasteiger charge is -2.34. The van der Waals surface area contributed by atoms with Gasteiger partial charge in [-0.05, 0) is 94.0 Å². The molecule has 8 nitrogen and oxygen atoms in total. The molecule has 2 atom stereocenters. The van der Waals surface area contributed by atoms with Crippen molar-refractivity contribution in [3.05, 3.63) is 95.6 Å². The lowest BCUT2D eigenvalue weighted by atomic mass is 9.88. The predicted octanol–water partition coefficient (Wildman–Crippen LogP) is 6.73. The third kappa shape index (κ3) is 10.2. The Hall–Kier alpha value is -3.69. The number of carbonyl (C=O) groups excluding carboxylic acids is 2. The van der Waals surface area contributed by atoms with E-state index >= 15 is 0 Å². The van der Waals surface area contributed by atoms with E-state index < -0.39 is 21.5 Å². The van der Waals surface area contributed by atoms with Gasteiger partial charge in [-0.3, -0.25) is 10.1 Å². The molecule has 2 N–H and O–H groups in total. The predicted molar refractivity (Wildman–Crippen MR) is 179 cm³/mol. The molecule has 2 unspecified atom stereocenters. The van der Waals surface area contributed by atoms with Gasteiger partial charge in [0.2, 0.25) is 5.91 Å². The number of ether oxygens (including phenoxy) is 1. The maximum atomic E-state index is 13.2. The van der Waals surface area contributed by atoms with Gasteiger partial charge in [0.15, 0.2) is 9.84 Å². The third-order valence-electron chi connectivity index (χ3n) is 8.26. The van der Waals surface area contributed by atoms with Crippen LogP contribution in [0, 0.1) is 0 Å². The van der Waals surface area contributed by atoms with Crippen molar-refractivity contribution in [2.75, 3.05) is 31.2 Å². The number of benzene rings is 3. The summed E-state index contributed by atoms with van der Waals surface area (Å²) in [6.07, 6.45) is 4.07. The molecule has 2 amide bonds. The maximum Gasteiger partial charge on any atom is 0.412 e. The monoisotopic (exact) mass is 633 g/mol. The average Bonchev–Trinajstić information content (AvgIpc) is 2.99. The number of hydrogen-bond acceptors (Lipinski definition) is 6. The van der Waals surface area contributed by atoms with E-state index in [1.54, 1.807) is 24.3 Å². The van der Waals surface area contributed by atoms with Gasteiger partial charge in [0.1, 0.15) is 5.60 Å². The van der Waals surface area contributed by atoms with Crippen molar-refractivity contribution in [1.29, 1.82) is 0 Å². The second kappa shape index (κ2) is 15.1. The minimum Gasteiger partial charge on any atom is -0.444 e. The van der Waals surface area contributed by atoms with Gasteiger partial charge in [0.25, 0.3) is 0 Å². The highest BCUT2D eigenvalue weighted by molar-refractivity contribution is 7.90. The van der Waals surface area contributed by atoms with Crippen LogP contribution in [0.5, 0.6) is 0 Å². The summed E-state index contributed by atoms with van der Waals surface area (Å²) in [7, 11) is -3.28. The van der Waals surface area contributed by atoms with Crippen molar-refractivity contribution in [2.45, 2.75) is 81.8 Å². The average molecular weight is 634 g/mol. The highest BCUT2D eigenvalue weighted by Crippen LogP contribution is 2.30. The van der Waals surface area contributed by atoms with Crippen LogP contribution in [0.15, 0.2) is 83.8 Å². The van der Waals surface area contributed by atoms with E-state index in [2.05, 4.69) is 51.9 Å². The van der Waals surface area contributed by atoms with Crippen LogP contribution in [-0.4, -0.2) is 62.9 Å². The summed E-state index contributed by atoms with van der Waals surface area (Å²) >= 11 is 0. The van der Waals surface area contributed by atoms with Crippen LogP contribution in [-0.2, 0) is 19.4 Å². The molecule has 3 aromatic rings. The number of sulfone groups is 1. The summed E-state index contributed by atoms with van der Waals surface area (Å²) < 4.78 is 29.0. The normalized spacial score (nSPS) is 16.0. The zero-order valence-corrected chi connectivity index (χ0v) is 27.9. The lowest BCUT2D eigenvalue weighted by Crippen LogP contribution is -2.46. The first-order valence-electron chi connectivity index (χ1n) is 15.8. The van der Waals surface area contributed by atoms with Gasteiger partial charge in [-0.1, -0.05) is 61.5 Å². The summed E-state index contributed by atoms with van der Waals surface area (Å²) in [5.41, 5.74) is 3.41. The highest BCUT2D eigenvalue weighted by atomic mass is 32.2. The molecule has 0 saturated carbocycles. The van der Waals surface area contributed by atoms with E-state index in [0.29, 0.717) is 12.1 Å². The van der Waals surface area contributed by atoms with Crippen LogP contribution in [0.1, 0.15) is 81.9 Å². The number of hydrogen-bond donors (Lipinski definition) is 2. The first kappa shape index (κ1) is 34.2. The number of likely N-dealkylation sites (tertiary alicyclic amines) is 1. The van der Waals surface area contributed by atoms with Crippen LogP contribution in [0.2, 0.25) is 0 Å². The van der Waals surface area contributed by atoms with Crippen LogP contribution >= 0.6 is 0 Å². The van der Waals surface area contributed by atoms with E-state index in [0.717, 1.165) is 44.5 Å². The fourth-order valence-electron chi connectivity index (χ4n) is 5.87. The molecule has 1 fully saturated rings. The molecule has 1 heterocycles. The number of amides is 2. The van der Waals surface area contributed by atoms with Crippen LogP contribution in [0.4, 0.5) is 10.5 Å². The molecule has 1 saturated heterocycles. The minimum atomic E-state index is -3.28. The van der Waals surface area contributed by atoms with E-state index in [1.165, 1.54) is 17.4 Å². The van der Waals surface area contributed by atoms with Crippen LogP contribution in [0.25, 0.3) is 0 Å². The topological polar surface area (TPSA) is 105 Å². The van der Waals surface area contributed by atoms with Gasteiger partial charge < -0.3 is 15.0 Å². The number of piperidine rings is 1. The van der Waals surface area contributed by atoms with Crippen LogP contribution in [0.3, 0.4) is 0 Å². The summed E-state index contributed by atoms with van der Waals surface area (Å²) in [6, 6.07) is 25.3. The van der Waals surface area contributed by atoms with Crippen molar-refractivity contribution >= 4 is 27.5 Å². The SMILES string of the molecule is CCC(C(=O)NC1CCN(CCC(c2ccccc2)c2ccc(NC(=O)OC(C)(C)C)cc2)CC1)c1ccc(S(C)(=O)=O)cc1. The molecule has 1 aliphatic rings. The van der Waals surface area contributed by atoms with Gasteiger partial charge in [0, 0.05) is 37.0 Å². The minimum absolute atomic E-state index is 0.00296. The Bertz CT molecular complexity index is 1510. The fourth-order valence-corrected chi connectivity index (χ4v) is 6.50. The molecular weight excluding hydrogens is 586 g/mol. The number of nitrogens with zero attached hydrogens (tertiary/aromatic N) is 1. The van der Waals surface area contributed by atoms with Crippen molar-refractivity contribution < 1.29 is 22.7 Å². The van der Waals surface area contributed by atoms with Gasteiger partial charge in [-0.15, -0.1) is 0 Å². The molecule has 9 heteroatoms. The zero-order valence-electron chi connectivity index (χ0n) is 27.1. The first-order valence-corrected chi connectivity index (χ1v) is 17.7. The Labute approximate surface area is 268 Å². The number of carbonyl (C=O) groups is 2. The van der Waals surface area contributed by atoms with E-state index in [4.69, 9.17) is 4.74 Å². The van der Waals surface area contributed by atoms with Crippen molar-refractivity contribution in [3.8, 4) is 0 Å². The second-order valence-electron chi connectivity index (χ2n) is 12.9. The Balaban J connectivity index is 1.32. The van der Waals surface area contributed by atoms with Gasteiger partial charge in [-0.2, -0.15) is 0 Å². The standard InChI is InChI=1S/C36H47N3O5S/c1-6-32(27-14-18-31(19-15-27)45(5,42)43)34(40)37-30-20-23-39(24-21-30)25-22-33(26-10-8-7-9-11-26)28-12-16-29(17-13-28)38-35(41)44-36(2,3)4/h7-19,30,32-33H,6,20-25H2,1-5H3,(H,37,40)(H,38,41). The zero-order chi connectivity index (χ0) is 32.6. The van der Waals surface area contributed by atoms with Crippen molar-refractivity contribution in [1.82, 2.24) is 10.2 Å². The summed E-state index contributed by atoms with van der Waals surface area (Å²) in [5.74, 6) is -0.107. The number of nitrogens with one attached hydrogen (secondary N) is 2. The van der Waals surface area contributed by atoms with Crippen LogP contribution < -0.4 is 10.6 Å². The molecule has 0 aromatic heterocycles. The van der Waals surface area contributed by atoms with Gasteiger partial charge in [0.05, 0.1) is 10.8 Å². The second-order valence-corrected chi connectivity index (χ2v) is 14.9. The third-order valence-corrected chi connectivity index (χ3v) is 9.39. The van der Waals surface area contributed by atoms with E-state index in [9.17, 15) is 18.0 Å². The number of anilines is 1.